The summed E-state index contributed by atoms with van der Waals surface area (Å²) in [5.74, 6) is 0.740. The summed E-state index contributed by atoms with van der Waals surface area (Å²) in [6.45, 7) is 5.53. The van der Waals surface area contributed by atoms with E-state index in [0.717, 1.165) is 31.9 Å². The van der Waals surface area contributed by atoms with Crippen molar-refractivity contribution in [2.75, 3.05) is 19.1 Å². The van der Waals surface area contributed by atoms with E-state index in [1.807, 2.05) is 13.8 Å². The number of unbranched alkanes of at least 4 members (excludes halogenated alkanes) is 7. The number of halogens is 1. The lowest BCUT2D eigenvalue weighted by Crippen LogP contribution is -2.17. The lowest BCUT2D eigenvalue weighted by Gasteiger charge is -2.16. The van der Waals surface area contributed by atoms with Gasteiger partial charge in [0.2, 0.25) is 0 Å². The first kappa shape index (κ1) is 20.9. The fourth-order valence-electron chi connectivity index (χ4n) is 2.34. The summed E-state index contributed by atoms with van der Waals surface area (Å²) in [4.78, 5) is 0. The summed E-state index contributed by atoms with van der Waals surface area (Å²) < 4.78 is 11.1. The molecule has 0 aliphatic carbocycles. The van der Waals surface area contributed by atoms with Crippen molar-refractivity contribution in [3.8, 4) is 0 Å². The molecule has 0 heterocycles. The van der Waals surface area contributed by atoms with Gasteiger partial charge in [0.25, 0.3) is 0 Å². The van der Waals surface area contributed by atoms with Crippen molar-refractivity contribution < 1.29 is 9.47 Å². The molecule has 0 radical (unpaired) electrons. The number of hydrogen-bond donors (Lipinski definition) is 0. The lowest BCUT2D eigenvalue weighted by molar-refractivity contribution is -0.140. The highest BCUT2D eigenvalue weighted by atomic mass is 35.5. The quantitative estimate of drug-likeness (QED) is 0.148. The van der Waals surface area contributed by atoms with Crippen molar-refractivity contribution in [2.45, 2.75) is 84.3 Å². The van der Waals surface area contributed by atoms with Crippen LogP contribution in [0.3, 0.4) is 0 Å². The van der Waals surface area contributed by atoms with Gasteiger partial charge in [0.1, 0.15) is 0 Å². The first-order chi connectivity index (χ1) is 10.3. The molecule has 0 atom stereocenters. The molecule has 0 rings (SSSR count). The molecule has 0 fully saturated rings. The van der Waals surface area contributed by atoms with Gasteiger partial charge < -0.3 is 9.47 Å². The van der Waals surface area contributed by atoms with Crippen LogP contribution < -0.4 is 0 Å². The lowest BCUT2D eigenvalue weighted by atomic mass is 10.1. The highest BCUT2D eigenvalue weighted by Gasteiger charge is 2.06. The maximum Gasteiger partial charge on any atom is 0.157 e. The van der Waals surface area contributed by atoms with Crippen LogP contribution in [-0.4, -0.2) is 25.4 Å². The Balaban J connectivity index is 3.24. The minimum Gasteiger partial charge on any atom is -0.353 e. The van der Waals surface area contributed by atoms with Crippen LogP contribution in [0.25, 0.3) is 0 Å². The Bertz CT molecular complexity index is 213. The largest absolute Gasteiger partial charge is 0.353 e. The molecular formula is C18H35ClO2. The normalized spacial score (nSPS) is 11.8. The molecule has 0 spiro atoms. The molecule has 0 aromatic carbocycles. The summed E-state index contributed by atoms with van der Waals surface area (Å²) >= 11 is 5.61. The van der Waals surface area contributed by atoms with Crippen LogP contribution in [0.15, 0.2) is 12.2 Å². The molecule has 2 nitrogen and oxygen atoms in total. The zero-order valence-corrected chi connectivity index (χ0v) is 14.9. The molecule has 0 saturated carbocycles. The number of ether oxygens (including phenoxy) is 2. The topological polar surface area (TPSA) is 18.5 Å². The van der Waals surface area contributed by atoms with Crippen LogP contribution in [0.2, 0.25) is 0 Å². The van der Waals surface area contributed by atoms with E-state index in [1.54, 1.807) is 0 Å². The highest BCUT2D eigenvalue weighted by molar-refractivity contribution is 6.17. The van der Waals surface area contributed by atoms with Gasteiger partial charge in [-0.1, -0.05) is 44.3 Å². The summed E-state index contributed by atoms with van der Waals surface area (Å²) in [5.41, 5.74) is 0. The Hall–Kier alpha value is -0.0500. The van der Waals surface area contributed by atoms with Crippen molar-refractivity contribution in [1.29, 1.82) is 0 Å². The second-order valence-electron chi connectivity index (χ2n) is 5.34. The van der Waals surface area contributed by atoms with Crippen molar-refractivity contribution in [2.24, 2.45) is 0 Å². The van der Waals surface area contributed by atoms with Gasteiger partial charge in [-0.25, -0.2) is 0 Å². The fraction of sp³-hybridized carbons (Fsp3) is 0.889. The summed E-state index contributed by atoms with van der Waals surface area (Å²) in [6.07, 6.45) is 17.0. The zero-order valence-electron chi connectivity index (χ0n) is 14.1. The number of hydrogen-bond acceptors (Lipinski definition) is 2. The van der Waals surface area contributed by atoms with E-state index < -0.39 is 0 Å². The van der Waals surface area contributed by atoms with Crippen LogP contribution >= 0.6 is 11.6 Å². The third-order valence-electron chi connectivity index (χ3n) is 3.46. The average Bonchev–Trinajstić information content (AvgIpc) is 2.48. The maximum atomic E-state index is 5.61. The Morgan fingerprint density at radius 2 is 1.29 bits per heavy atom. The third kappa shape index (κ3) is 16.2. The van der Waals surface area contributed by atoms with E-state index in [9.17, 15) is 0 Å². The summed E-state index contributed by atoms with van der Waals surface area (Å²) in [6, 6.07) is 0. The monoisotopic (exact) mass is 318 g/mol. The predicted molar refractivity (Wildman–Crippen MR) is 93.1 cm³/mol. The molecule has 0 N–H and O–H groups in total. The van der Waals surface area contributed by atoms with Crippen LogP contribution in [0.4, 0.5) is 0 Å². The van der Waals surface area contributed by atoms with E-state index in [0.29, 0.717) is 0 Å². The Morgan fingerprint density at radius 1 is 0.762 bits per heavy atom. The summed E-state index contributed by atoms with van der Waals surface area (Å²) in [7, 11) is 0. The van der Waals surface area contributed by atoms with Gasteiger partial charge in [-0.05, 0) is 46.0 Å². The molecule has 0 bridgehead atoms. The minimum atomic E-state index is 0.0137. The first-order valence-corrected chi connectivity index (χ1v) is 9.32. The van der Waals surface area contributed by atoms with Crippen LogP contribution in [0, 0.1) is 0 Å². The fourth-order valence-corrected chi connectivity index (χ4v) is 2.47. The molecule has 0 unspecified atom stereocenters. The van der Waals surface area contributed by atoms with Crippen molar-refractivity contribution in [3.63, 3.8) is 0 Å². The van der Waals surface area contributed by atoms with Gasteiger partial charge in [0, 0.05) is 19.1 Å². The zero-order chi connectivity index (χ0) is 15.6. The summed E-state index contributed by atoms with van der Waals surface area (Å²) in [5, 5.41) is 0. The maximum absolute atomic E-state index is 5.61. The Kier molecular flexibility index (Phi) is 18.0. The van der Waals surface area contributed by atoms with E-state index in [1.165, 1.54) is 51.4 Å². The average molecular weight is 319 g/mol. The van der Waals surface area contributed by atoms with Gasteiger partial charge in [-0.2, -0.15) is 0 Å². The molecular weight excluding hydrogens is 284 g/mol. The van der Waals surface area contributed by atoms with Gasteiger partial charge in [-0.3, -0.25) is 0 Å². The van der Waals surface area contributed by atoms with E-state index >= 15 is 0 Å². The van der Waals surface area contributed by atoms with Gasteiger partial charge in [0.05, 0.1) is 0 Å². The smallest absolute Gasteiger partial charge is 0.157 e. The SMILES string of the molecule is CCOC(CCCCCCCCC/C=C/CCCl)OCC. The first-order valence-electron chi connectivity index (χ1n) is 8.79. The Labute approximate surface area is 137 Å². The van der Waals surface area contributed by atoms with Crippen molar-refractivity contribution in [1.82, 2.24) is 0 Å². The number of rotatable bonds is 16. The van der Waals surface area contributed by atoms with Crippen LogP contribution in [0.1, 0.15) is 78.1 Å². The molecule has 0 aromatic rings. The molecule has 126 valence electrons. The molecule has 0 aliphatic rings. The van der Waals surface area contributed by atoms with E-state index in [4.69, 9.17) is 21.1 Å². The minimum absolute atomic E-state index is 0.0137. The van der Waals surface area contributed by atoms with Crippen LogP contribution in [-0.2, 0) is 9.47 Å². The third-order valence-corrected chi connectivity index (χ3v) is 3.68. The molecule has 3 heteroatoms. The molecule has 0 aliphatic heterocycles. The predicted octanol–water partition coefficient (Wildman–Crippen LogP) is 6.08. The molecule has 0 amide bonds. The van der Waals surface area contributed by atoms with Crippen molar-refractivity contribution in [3.05, 3.63) is 12.2 Å². The second kappa shape index (κ2) is 18.0. The van der Waals surface area contributed by atoms with Crippen molar-refractivity contribution >= 4 is 11.6 Å². The van der Waals surface area contributed by atoms with Crippen LogP contribution in [0.5, 0.6) is 0 Å². The molecule has 0 aromatic heterocycles. The molecule has 21 heavy (non-hydrogen) atoms. The van der Waals surface area contributed by atoms with E-state index in [-0.39, 0.29) is 6.29 Å². The highest BCUT2D eigenvalue weighted by Crippen LogP contribution is 2.12. The van der Waals surface area contributed by atoms with Gasteiger partial charge in [0.15, 0.2) is 6.29 Å². The van der Waals surface area contributed by atoms with Gasteiger partial charge in [-0.15, -0.1) is 11.6 Å². The number of allylic oxidation sites excluding steroid dienone is 2. The number of alkyl halides is 1. The van der Waals surface area contributed by atoms with E-state index in [2.05, 4.69) is 12.2 Å². The Morgan fingerprint density at radius 3 is 1.86 bits per heavy atom. The molecule has 0 saturated heterocycles. The van der Waals surface area contributed by atoms with Gasteiger partial charge >= 0.3 is 0 Å². The standard InChI is InChI=1S/C18H35ClO2/c1-3-20-18(21-4-2)16-14-12-10-8-6-5-7-9-11-13-15-17-19/h11,13,18H,3-10,12,14-17H2,1-2H3/b13-11+. The second-order valence-corrected chi connectivity index (χ2v) is 5.72.